The Labute approximate surface area is 164 Å². The van der Waals surface area contributed by atoms with E-state index >= 15 is 0 Å². The number of nitrogens with one attached hydrogen (secondary N) is 1. The van der Waals surface area contributed by atoms with Crippen LogP contribution in [0, 0.1) is 11.8 Å². The topological polar surface area (TPSA) is 44.8 Å². The maximum absolute atomic E-state index is 12.5. The molecular formula is C22H37N3O2. The third-order valence-corrected chi connectivity index (χ3v) is 8.25. The lowest BCUT2D eigenvalue weighted by molar-refractivity contribution is -0.122. The van der Waals surface area contributed by atoms with Gasteiger partial charge in [-0.2, -0.15) is 0 Å². The molecule has 1 amide bonds. The van der Waals surface area contributed by atoms with Crippen LogP contribution in [0.2, 0.25) is 0 Å². The second kappa shape index (κ2) is 7.64. The molecule has 5 heteroatoms. The summed E-state index contributed by atoms with van der Waals surface area (Å²) in [6, 6.07) is 0.797. The van der Waals surface area contributed by atoms with Crippen molar-refractivity contribution in [3.63, 3.8) is 0 Å². The third kappa shape index (κ3) is 3.56. The van der Waals surface area contributed by atoms with Crippen molar-refractivity contribution in [3.05, 3.63) is 0 Å². The predicted octanol–water partition coefficient (Wildman–Crippen LogP) is 2.40. The van der Waals surface area contributed by atoms with Gasteiger partial charge in [-0.3, -0.25) is 14.6 Å². The minimum absolute atomic E-state index is 0.118. The number of carbonyl (C=O) groups excluding carboxylic acids is 1. The van der Waals surface area contributed by atoms with Gasteiger partial charge in [0.1, 0.15) is 0 Å². The Kier molecular flexibility index (Phi) is 5.20. The Morgan fingerprint density at radius 3 is 2.59 bits per heavy atom. The molecule has 5 nitrogen and oxygen atoms in total. The molecule has 5 rings (SSSR count). The second-order valence-electron chi connectivity index (χ2n) is 9.89. The van der Waals surface area contributed by atoms with Crippen molar-refractivity contribution in [1.82, 2.24) is 15.1 Å². The number of ether oxygens (including phenoxy) is 1. The molecule has 4 heterocycles. The van der Waals surface area contributed by atoms with Crippen LogP contribution in [0.15, 0.2) is 0 Å². The Bertz CT molecular complexity index is 542. The third-order valence-electron chi connectivity index (χ3n) is 8.25. The molecule has 0 aromatic carbocycles. The maximum Gasteiger partial charge on any atom is 0.234 e. The smallest absolute Gasteiger partial charge is 0.234 e. The summed E-state index contributed by atoms with van der Waals surface area (Å²) in [6.07, 6.45) is 13.5. The molecule has 5 fully saturated rings. The van der Waals surface area contributed by atoms with Crippen molar-refractivity contribution in [2.24, 2.45) is 11.8 Å². The number of fused-ring (bicyclic) bond motifs is 1. The summed E-state index contributed by atoms with van der Waals surface area (Å²) in [4.78, 5) is 17.6. The molecule has 1 aliphatic carbocycles. The quantitative estimate of drug-likeness (QED) is 0.801. The lowest BCUT2D eigenvalue weighted by Gasteiger charge is -2.30. The summed E-state index contributed by atoms with van der Waals surface area (Å²) in [5.74, 6) is 1.38. The molecule has 4 saturated heterocycles. The van der Waals surface area contributed by atoms with Crippen LogP contribution in [-0.4, -0.2) is 72.7 Å². The number of carbonyl (C=O) groups is 1. The molecule has 0 aromatic rings. The van der Waals surface area contributed by atoms with Gasteiger partial charge in [-0.05, 0) is 51.6 Å². The van der Waals surface area contributed by atoms with Crippen molar-refractivity contribution in [2.45, 2.75) is 82.0 Å². The Hall–Kier alpha value is -0.650. The van der Waals surface area contributed by atoms with Crippen molar-refractivity contribution >= 4 is 5.91 Å². The van der Waals surface area contributed by atoms with Gasteiger partial charge < -0.3 is 10.1 Å². The van der Waals surface area contributed by atoms with E-state index in [0.717, 1.165) is 32.2 Å². The van der Waals surface area contributed by atoms with Gasteiger partial charge in [0.15, 0.2) is 0 Å². The van der Waals surface area contributed by atoms with E-state index in [1.54, 1.807) is 0 Å². The number of hydrogen-bond acceptors (Lipinski definition) is 4. The number of likely N-dealkylation sites (tertiary alicyclic amines) is 2. The molecule has 0 unspecified atom stereocenters. The Morgan fingerprint density at radius 2 is 1.81 bits per heavy atom. The fraction of sp³-hybridized carbons (Fsp3) is 0.955. The van der Waals surface area contributed by atoms with E-state index < -0.39 is 0 Å². The zero-order chi connectivity index (χ0) is 18.3. The number of amides is 1. The first kappa shape index (κ1) is 18.4. The molecule has 4 atom stereocenters. The molecule has 152 valence electrons. The van der Waals surface area contributed by atoms with Crippen molar-refractivity contribution in [1.29, 1.82) is 0 Å². The highest BCUT2D eigenvalue weighted by molar-refractivity contribution is 5.78. The molecule has 5 aliphatic rings. The van der Waals surface area contributed by atoms with E-state index in [9.17, 15) is 4.79 Å². The van der Waals surface area contributed by atoms with Gasteiger partial charge in [0.05, 0.1) is 18.2 Å². The fourth-order valence-electron chi connectivity index (χ4n) is 6.83. The average Bonchev–Trinajstić information content (AvgIpc) is 3.40. The van der Waals surface area contributed by atoms with Crippen molar-refractivity contribution in [3.8, 4) is 0 Å². The molecule has 2 bridgehead atoms. The second-order valence-corrected chi connectivity index (χ2v) is 9.89. The maximum atomic E-state index is 12.5. The summed E-state index contributed by atoms with van der Waals surface area (Å²) in [5.41, 5.74) is 0.118. The lowest BCUT2D eigenvalue weighted by atomic mass is 9.73. The molecule has 0 radical (unpaired) electrons. The summed E-state index contributed by atoms with van der Waals surface area (Å²) in [5, 5.41) is 3.29. The minimum atomic E-state index is 0.118. The van der Waals surface area contributed by atoms with Crippen LogP contribution in [-0.2, 0) is 9.53 Å². The summed E-state index contributed by atoms with van der Waals surface area (Å²) in [7, 11) is 0. The van der Waals surface area contributed by atoms with Crippen LogP contribution in [0.25, 0.3) is 0 Å². The van der Waals surface area contributed by atoms with Gasteiger partial charge in [0.25, 0.3) is 0 Å². The van der Waals surface area contributed by atoms with Crippen LogP contribution >= 0.6 is 0 Å². The largest absolute Gasteiger partial charge is 0.370 e. The molecule has 0 aromatic heterocycles. The van der Waals surface area contributed by atoms with E-state index in [1.807, 2.05) is 0 Å². The van der Waals surface area contributed by atoms with E-state index in [-0.39, 0.29) is 11.5 Å². The zero-order valence-corrected chi connectivity index (χ0v) is 16.8. The number of nitrogens with zero attached hydrogens (tertiary/aromatic N) is 2. The van der Waals surface area contributed by atoms with Crippen molar-refractivity contribution in [2.75, 3.05) is 39.3 Å². The highest BCUT2D eigenvalue weighted by Crippen LogP contribution is 2.55. The van der Waals surface area contributed by atoms with Gasteiger partial charge in [0, 0.05) is 37.5 Å². The summed E-state index contributed by atoms with van der Waals surface area (Å²) in [6.45, 7) is 5.94. The molecule has 1 spiro atoms. The van der Waals surface area contributed by atoms with E-state index in [1.165, 1.54) is 70.8 Å². The van der Waals surface area contributed by atoms with Gasteiger partial charge >= 0.3 is 0 Å². The first-order valence-electron chi connectivity index (χ1n) is 11.6. The first-order valence-corrected chi connectivity index (χ1v) is 11.6. The van der Waals surface area contributed by atoms with Crippen LogP contribution in [0.4, 0.5) is 0 Å². The first-order chi connectivity index (χ1) is 13.2. The molecule has 27 heavy (non-hydrogen) atoms. The van der Waals surface area contributed by atoms with Crippen molar-refractivity contribution < 1.29 is 9.53 Å². The highest BCUT2D eigenvalue weighted by atomic mass is 16.5. The highest BCUT2D eigenvalue weighted by Gasteiger charge is 2.63. The lowest BCUT2D eigenvalue weighted by Crippen LogP contribution is -2.44. The number of rotatable bonds is 5. The number of hydrogen-bond donors (Lipinski definition) is 1. The average molecular weight is 376 g/mol. The zero-order valence-electron chi connectivity index (χ0n) is 16.8. The SMILES string of the molecule is O=C(CN1CCCCCC1)NC[C@H]1[C@H]2CN(C3CCCC3)C[C@]23CC[C@H]1O3. The van der Waals surface area contributed by atoms with Gasteiger partial charge in [-0.15, -0.1) is 0 Å². The van der Waals surface area contributed by atoms with Gasteiger partial charge in [0.2, 0.25) is 5.91 Å². The molecule has 4 aliphatic heterocycles. The molecule has 1 saturated carbocycles. The van der Waals surface area contributed by atoms with Crippen LogP contribution in [0.1, 0.15) is 64.2 Å². The normalized spacial score (nSPS) is 40.4. The van der Waals surface area contributed by atoms with E-state index in [0.29, 0.717) is 24.5 Å². The van der Waals surface area contributed by atoms with E-state index in [2.05, 4.69) is 15.1 Å². The fourth-order valence-corrected chi connectivity index (χ4v) is 6.83. The monoisotopic (exact) mass is 375 g/mol. The standard InChI is InChI=1S/C22H37N3O2/c26-21(15-24-11-5-1-2-6-12-24)23-13-18-19-14-25(17-7-3-4-8-17)16-22(19)10-9-20(18)27-22/h17-20H,1-16H2,(H,23,26)/t18-,19+,20+,22+/m0/s1. The van der Waals surface area contributed by atoms with Gasteiger partial charge in [-0.25, -0.2) is 0 Å². The van der Waals surface area contributed by atoms with E-state index in [4.69, 9.17) is 4.74 Å². The van der Waals surface area contributed by atoms with Crippen LogP contribution < -0.4 is 5.32 Å². The molecular weight excluding hydrogens is 338 g/mol. The Balaban J connectivity index is 1.15. The summed E-state index contributed by atoms with van der Waals surface area (Å²) >= 11 is 0. The van der Waals surface area contributed by atoms with Gasteiger partial charge in [-0.1, -0.05) is 25.7 Å². The van der Waals surface area contributed by atoms with Crippen LogP contribution in [0.3, 0.4) is 0 Å². The predicted molar refractivity (Wildman–Crippen MR) is 106 cm³/mol. The van der Waals surface area contributed by atoms with Crippen LogP contribution in [0.5, 0.6) is 0 Å². The summed E-state index contributed by atoms with van der Waals surface area (Å²) < 4.78 is 6.58. The minimum Gasteiger partial charge on any atom is -0.370 e. The Morgan fingerprint density at radius 1 is 1.04 bits per heavy atom. The molecule has 1 N–H and O–H groups in total.